The predicted molar refractivity (Wildman–Crippen MR) is 153 cm³/mol. The molecule has 3 nitrogen and oxygen atoms in total. The van der Waals surface area contributed by atoms with E-state index in [-0.39, 0.29) is 1.43 Å². The number of rotatable bonds is 6. The lowest BCUT2D eigenvalue weighted by molar-refractivity contribution is 1.49. The molecular weight excluding hydrogens is 330 g/mol. The third kappa shape index (κ3) is 32.6. The fourth-order valence-corrected chi connectivity index (χ4v) is 1.54. The van der Waals surface area contributed by atoms with Gasteiger partial charge in [-0.15, -0.1) is 0 Å². The van der Waals surface area contributed by atoms with Gasteiger partial charge in [-0.2, -0.15) is 5.26 Å². The molecule has 24 radical (unpaired) electrons. The summed E-state index contributed by atoms with van der Waals surface area (Å²) < 4.78 is 0. The van der Waals surface area contributed by atoms with Crippen LogP contribution < -0.4 is 0 Å². The molecule has 0 unspecified atom stereocenters. The Morgan fingerprint density at radius 2 is 0.586 bits per heavy atom. The Hall–Kier alpha value is -0.231. The van der Waals surface area contributed by atoms with Crippen LogP contribution in [0.15, 0.2) is 0 Å². The summed E-state index contributed by atoms with van der Waals surface area (Å²) in [4.78, 5) is 0. The summed E-state index contributed by atoms with van der Waals surface area (Å²) in [6.07, 6.45) is -4.89. The number of nitrogens with zero attached hydrogens (tertiary/aromatic N) is 3. The highest BCUT2D eigenvalue weighted by Crippen LogP contribution is 1.87. The van der Waals surface area contributed by atoms with Crippen molar-refractivity contribution in [2.24, 2.45) is 0 Å². The SMILES string of the molecule is C#N.C#N.CC.CC#N.[B]B([B])B(B([B])[B])B([B])[B].[B]B([B])B(B([B])[B])B([B])[B].[HH]. The van der Waals surface area contributed by atoms with Crippen molar-refractivity contribution < 1.29 is 1.43 Å². The van der Waals surface area contributed by atoms with Gasteiger partial charge in [-0.25, -0.2) is 10.5 Å². The van der Waals surface area contributed by atoms with Gasteiger partial charge in [-0.3, -0.25) is 0 Å². The highest BCUT2D eigenvalue weighted by Gasteiger charge is 2.25. The Balaban J connectivity index is -0.0000000497. The maximum Gasteiger partial charge on any atom is 0.0587 e. The molecule has 112 valence electrons. The molecule has 0 spiro atoms. The number of nitriles is 3. The fraction of sp³-hybridized carbons (Fsp3) is 0.500. The van der Waals surface area contributed by atoms with Crippen LogP contribution in [0.25, 0.3) is 0 Å². The smallest absolute Gasteiger partial charge is 0.0587 e. The first-order valence-electron chi connectivity index (χ1n) is 8.24. The molecule has 0 aromatic rings. The molecule has 29 heavy (non-hydrogen) atoms. The van der Waals surface area contributed by atoms with Crippen LogP contribution in [0.5, 0.6) is 0 Å². The molecule has 0 N–H and O–H groups in total. The highest BCUT2D eigenvalue weighted by atomic mass is 14.2. The molecule has 0 amide bonds. The van der Waals surface area contributed by atoms with Crippen LogP contribution >= 0.6 is 0 Å². The first-order valence-corrected chi connectivity index (χ1v) is 8.24. The normalized spacial score (nSPS) is 6.41. The van der Waals surface area contributed by atoms with Crippen LogP contribution in [0, 0.1) is 35.0 Å². The second-order valence-electron chi connectivity index (χ2n) is 4.84. The summed E-state index contributed by atoms with van der Waals surface area (Å²) in [6, 6.07) is 1.75. The molecule has 0 saturated heterocycles. The Labute approximate surface area is 200 Å². The molecule has 0 fully saturated rings. The molecule has 0 aromatic heterocycles. The van der Waals surface area contributed by atoms with Crippen molar-refractivity contribution in [3.63, 3.8) is 0 Å². The molecular formula is C6H13B20N3. The zero-order valence-corrected chi connectivity index (χ0v) is 17.5. The average Bonchev–Trinajstić information content (AvgIpc) is 2.59. The molecule has 0 saturated carbocycles. The van der Waals surface area contributed by atoms with E-state index in [2.05, 4.69) is 13.1 Å². The second kappa shape index (κ2) is 32.4. The summed E-state index contributed by atoms with van der Waals surface area (Å²) in [6.45, 7) is 12.4. The van der Waals surface area contributed by atoms with E-state index in [0.717, 1.165) is 0 Å². The molecule has 0 aliphatic rings. The van der Waals surface area contributed by atoms with Gasteiger partial charge in [-0.1, -0.05) is 13.8 Å². The van der Waals surface area contributed by atoms with Crippen LogP contribution in [0.2, 0.25) is 0 Å². The Morgan fingerprint density at radius 3 is 0.586 bits per heavy atom. The minimum absolute atomic E-state index is 0. The Kier molecular flexibility index (Phi) is 47.9. The van der Waals surface area contributed by atoms with Gasteiger partial charge >= 0.3 is 0 Å². The highest BCUT2D eigenvalue weighted by molar-refractivity contribution is 8.00. The maximum atomic E-state index is 7.32. The minimum atomic E-state index is -0.667. The lowest BCUT2D eigenvalue weighted by Gasteiger charge is -2.23. The van der Waals surface area contributed by atoms with E-state index in [0.29, 0.717) is 0 Å². The van der Waals surface area contributed by atoms with Crippen molar-refractivity contribution in [1.29, 1.82) is 15.8 Å². The molecule has 0 atom stereocenters. The third-order valence-electron chi connectivity index (χ3n) is 2.67. The van der Waals surface area contributed by atoms with E-state index in [9.17, 15) is 0 Å². The first kappa shape index (κ1) is 42.8. The van der Waals surface area contributed by atoms with Crippen molar-refractivity contribution in [1.82, 2.24) is 0 Å². The monoisotopic (exact) mass is 347 g/mol. The van der Waals surface area contributed by atoms with E-state index in [1.807, 2.05) is 13.8 Å². The van der Waals surface area contributed by atoms with Crippen molar-refractivity contribution in [3.05, 3.63) is 0 Å². The number of hydrogen-bond acceptors (Lipinski definition) is 3. The molecule has 0 bridgehead atoms. The lowest BCUT2D eigenvalue weighted by Crippen LogP contribution is -2.62. The van der Waals surface area contributed by atoms with Crippen LogP contribution in [-0.4, -0.2) is 144 Å². The van der Waals surface area contributed by atoms with Gasteiger partial charge in [0.2, 0.25) is 0 Å². The van der Waals surface area contributed by atoms with E-state index in [1.54, 1.807) is 6.07 Å². The van der Waals surface area contributed by atoms with Gasteiger partial charge in [0.1, 0.15) is 0 Å². The topological polar surface area (TPSA) is 71.4 Å². The van der Waals surface area contributed by atoms with Crippen LogP contribution in [-0.2, 0) is 0 Å². The van der Waals surface area contributed by atoms with Gasteiger partial charge in [0.25, 0.3) is 0 Å². The molecule has 0 aliphatic heterocycles. The fourth-order valence-electron chi connectivity index (χ4n) is 1.54. The quantitative estimate of drug-likeness (QED) is 0.452. The second-order valence-corrected chi connectivity index (χ2v) is 4.84. The predicted octanol–water partition coefficient (Wildman–Crippen LogP) is -5.53. The van der Waals surface area contributed by atoms with E-state index < -0.39 is 51.1 Å². The largest absolute Gasteiger partial charge is 0.202 e. The summed E-state index contributed by atoms with van der Waals surface area (Å²) >= 11 is 0. The molecule has 0 rings (SSSR count). The maximum absolute atomic E-state index is 7.32. The summed E-state index contributed by atoms with van der Waals surface area (Å²) in [7, 11) is 63.6. The first-order chi connectivity index (χ1) is 13.3. The van der Waals surface area contributed by atoms with Crippen molar-refractivity contribution >= 4 is 144 Å². The van der Waals surface area contributed by atoms with Crippen LogP contribution in [0.1, 0.15) is 22.2 Å². The van der Waals surface area contributed by atoms with Gasteiger partial charge in [0.15, 0.2) is 0 Å². The molecule has 0 aromatic carbocycles. The Bertz CT molecular complexity index is 314. The molecule has 0 aliphatic carbocycles. The summed E-state index contributed by atoms with van der Waals surface area (Å²) in [5.41, 5.74) is 0. The van der Waals surface area contributed by atoms with Gasteiger partial charge in [0, 0.05) is 165 Å². The lowest BCUT2D eigenvalue weighted by atomic mass is 8.58. The van der Waals surface area contributed by atoms with Crippen LogP contribution in [0.4, 0.5) is 0 Å². The van der Waals surface area contributed by atoms with Crippen molar-refractivity contribution in [2.45, 2.75) is 20.8 Å². The van der Waals surface area contributed by atoms with Crippen molar-refractivity contribution in [3.8, 4) is 19.2 Å². The third-order valence-corrected chi connectivity index (χ3v) is 2.67. The molecule has 0 heterocycles. The van der Waals surface area contributed by atoms with Crippen molar-refractivity contribution in [2.75, 3.05) is 0 Å². The minimum Gasteiger partial charge on any atom is -0.202 e. The summed E-state index contributed by atoms with van der Waals surface area (Å²) in [5, 5.41) is 20.3. The summed E-state index contributed by atoms with van der Waals surface area (Å²) in [5.74, 6) is 0. The van der Waals surface area contributed by atoms with E-state index in [1.165, 1.54) is 6.92 Å². The number of hydrogen-bond donors (Lipinski definition) is 0. The molecule has 23 heteroatoms. The van der Waals surface area contributed by atoms with Crippen LogP contribution in [0.3, 0.4) is 0 Å². The van der Waals surface area contributed by atoms with E-state index >= 15 is 0 Å². The van der Waals surface area contributed by atoms with E-state index in [4.69, 9.17) is 109 Å². The average molecular weight is 343 g/mol. The Morgan fingerprint density at radius 1 is 0.517 bits per heavy atom. The van der Waals surface area contributed by atoms with Gasteiger partial charge in [0.05, 0.1) is 6.07 Å². The standard InChI is InChI=1S/C2H3N.C2H6.2CHN.2B10.H2/c1-2-3;3*1-2;2*1-7(2)10(8(3)4)9(5)6;/h1H3;1-2H3;2*1H;;;1H. The zero-order valence-electron chi connectivity index (χ0n) is 17.5. The van der Waals surface area contributed by atoms with Gasteiger partial charge in [-0.05, 0) is 0 Å². The zero-order chi connectivity index (χ0) is 25.3. The van der Waals surface area contributed by atoms with Gasteiger partial charge < -0.3 is 0 Å².